The molecular formula is C19H16FN5O. The fourth-order valence-corrected chi connectivity index (χ4v) is 2.65. The van der Waals surface area contributed by atoms with Crippen LogP contribution in [0.5, 0.6) is 0 Å². The van der Waals surface area contributed by atoms with E-state index in [1.807, 2.05) is 43.3 Å². The monoisotopic (exact) mass is 349 g/mol. The highest BCUT2D eigenvalue weighted by molar-refractivity contribution is 5.57. The van der Waals surface area contributed by atoms with Crippen LogP contribution in [0.3, 0.4) is 0 Å². The smallest absolute Gasteiger partial charge is 0.153 e. The van der Waals surface area contributed by atoms with Crippen LogP contribution in [0.1, 0.15) is 11.6 Å². The van der Waals surface area contributed by atoms with E-state index in [-0.39, 0.29) is 5.82 Å². The van der Waals surface area contributed by atoms with E-state index in [0.717, 1.165) is 28.5 Å². The lowest BCUT2D eigenvalue weighted by molar-refractivity contribution is 0.531. The number of hydrogen-bond acceptors (Lipinski definition) is 5. The van der Waals surface area contributed by atoms with Crippen molar-refractivity contribution in [1.82, 2.24) is 20.2 Å². The van der Waals surface area contributed by atoms with Crippen molar-refractivity contribution in [2.45, 2.75) is 13.5 Å². The minimum absolute atomic E-state index is 0.264. The second-order valence-electron chi connectivity index (χ2n) is 5.81. The van der Waals surface area contributed by atoms with Gasteiger partial charge < -0.3 is 9.73 Å². The van der Waals surface area contributed by atoms with Crippen LogP contribution in [-0.2, 0) is 6.54 Å². The van der Waals surface area contributed by atoms with E-state index < -0.39 is 0 Å². The quantitative estimate of drug-likeness (QED) is 0.590. The van der Waals surface area contributed by atoms with Crippen LogP contribution in [0.2, 0.25) is 0 Å². The van der Waals surface area contributed by atoms with Gasteiger partial charge in [-0.15, -0.1) is 5.10 Å². The van der Waals surface area contributed by atoms with Crippen molar-refractivity contribution in [2.75, 3.05) is 5.32 Å². The normalized spacial score (nSPS) is 10.8. The van der Waals surface area contributed by atoms with Crippen LogP contribution in [0.15, 0.2) is 65.1 Å². The molecule has 0 aliphatic carbocycles. The second kappa shape index (κ2) is 6.79. The van der Waals surface area contributed by atoms with Crippen LogP contribution in [0.25, 0.3) is 17.0 Å². The maximum absolute atomic E-state index is 13.0. The first-order valence-corrected chi connectivity index (χ1v) is 8.13. The molecule has 130 valence electrons. The highest BCUT2D eigenvalue weighted by atomic mass is 19.1. The number of aryl methyl sites for hydroxylation is 1. The van der Waals surface area contributed by atoms with Crippen LogP contribution >= 0.6 is 0 Å². The zero-order chi connectivity index (χ0) is 17.9. The third-order valence-electron chi connectivity index (χ3n) is 3.97. The van der Waals surface area contributed by atoms with Crippen LogP contribution < -0.4 is 5.32 Å². The van der Waals surface area contributed by atoms with Crippen LogP contribution in [-0.4, -0.2) is 20.2 Å². The van der Waals surface area contributed by atoms with E-state index in [1.54, 1.807) is 16.8 Å². The Bertz CT molecular complexity index is 1020. The number of benzene rings is 2. The summed E-state index contributed by atoms with van der Waals surface area (Å²) >= 11 is 0. The summed E-state index contributed by atoms with van der Waals surface area (Å²) in [7, 11) is 0. The molecule has 0 aliphatic rings. The molecule has 2 aromatic heterocycles. The minimum atomic E-state index is -0.264. The lowest BCUT2D eigenvalue weighted by Gasteiger charge is -2.07. The van der Waals surface area contributed by atoms with E-state index >= 15 is 0 Å². The molecule has 4 aromatic rings. The van der Waals surface area contributed by atoms with Crippen molar-refractivity contribution < 1.29 is 8.81 Å². The number of nitrogens with zero attached hydrogens (tertiary/aromatic N) is 4. The SMILES string of the molecule is Cc1nnnn1-c1cccc(NCc2ccc(-c3ccc(F)cc3)o2)c1. The Balaban J connectivity index is 1.46. The van der Waals surface area contributed by atoms with Crippen molar-refractivity contribution in [3.63, 3.8) is 0 Å². The molecule has 1 N–H and O–H groups in total. The molecular weight excluding hydrogens is 333 g/mol. The van der Waals surface area contributed by atoms with Gasteiger partial charge in [0.15, 0.2) is 5.82 Å². The summed E-state index contributed by atoms with van der Waals surface area (Å²) in [4.78, 5) is 0. The average molecular weight is 349 g/mol. The molecule has 0 unspecified atom stereocenters. The van der Waals surface area contributed by atoms with Crippen molar-refractivity contribution >= 4 is 5.69 Å². The van der Waals surface area contributed by atoms with E-state index in [2.05, 4.69) is 20.8 Å². The van der Waals surface area contributed by atoms with Crippen molar-refractivity contribution in [3.8, 4) is 17.0 Å². The summed E-state index contributed by atoms with van der Waals surface area (Å²) in [5.74, 6) is 1.95. The fraction of sp³-hybridized carbons (Fsp3) is 0.105. The summed E-state index contributed by atoms with van der Waals surface area (Å²) < 4.78 is 20.5. The van der Waals surface area contributed by atoms with E-state index in [0.29, 0.717) is 12.3 Å². The van der Waals surface area contributed by atoms with E-state index in [1.165, 1.54) is 12.1 Å². The number of hydrogen-bond donors (Lipinski definition) is 1. The molecule has 0 atom stereocenters. The molecule has 0 saturated carbocycles. The number of nitrogens with one attached hydrogen (secondary N) is 1. The minimum Gasteiger partial charge on any atom is -0.459 e. The average Bonchev–Trinajstić information content (AvgIpc) is 3.30. The number of anilines is 1. The molecule has 7 heteroatoms. The molecule has 0 aliphatic heterocycles. The van der Waals surface area contributed by atoms with Gasteiger partial charge in [-0.1, -0.05) is 6.07 Å². The Hall–Kier alpha value is -3.48. The maximum Gasteiger partial charge on any atom is 0.153 e. The first kappa shape index (κ1) is 16.0. The number of aromatic nitrogens is 4. The van der Waals surface area contributed by atoms with Gasteiger partial charge in [-0.05, 0) is 71.9 Å². The largest absolute Gasteiger partial charge is 0.459 e. The molecule has 6 nitrogen and oxygen atoms in total. The van der Waals surface area contributed by atoms with Crippen molar-refractivity contribution in [3.05, 3.63) is 78.1 Å². The van der Waals surface area contributed by atoms with Gasteiger partial charge in [0.2, 0.25) is 0 Å². The first-order chi connectivity index (χ1) is 12.7. The van der Waals surface area contributed by atoms with Gasteiger partial charge >= 0.3 is 0 Å². The summed E-state index contributed by atoms with van der Waals surface area (Å²) in [6.07, 6.45) is 0. The molecule has 0 amide bonds. The lowest BCUT2D eigenvalue weighted by atomic mass is 10.2. The van der Waals surface area contributed by atoms with Gasteiger partial charge in [-0.3, -0.25) is 0 Å². The molecule has 26 heavy (non-hydrogen) atoms. The molecule has 0 fully saturated rings. The highest BCUT2D eigenvalue weighted by Gasteiger charge is 2.07. The van der Waals surface area contributed by atoms with Crippen LogP contribution in [0, 0.1) is 12.7 Å². The van der Waals surface area contributed by atoms with E-state index in [9.17, 15) is 4.39 Å². The van der Waals surface area contributed by atoms with Crippen molar-refractivity contribution in [2.24, 2.45) is 0 Å². The zero-order valence-corrected chi connectivity index (χ0v) is 14.1. The Morgan fingerprint density at radius 3 is 2.69 bits per heavy atom. The number of furan rings is 1. The maximum atomic E-state index is 13.0. The summed E-state index contributed by atoms with van der Waals surface area (Å²) in [5.41, 5.74) is 2.65. The van der Waals surface area contributed by atoms with Crippen LogP contribution in [0.4, 0.5) is 10.1 Å². The predicted octanol–water partition coefficient (Wildman–Crippen LogP) is 3.98. The van der Waals surface area contributed by atoms with Crippen molar-refractivity contribution in [1.29, 1.82) is 0 Å². The summed E-state index contributed by atoms with van der Waals surface area (Å²) in [6, 6.07) is 17.8. The summed E-state index contributed by atoms with van der Waals surface area (Å²) in [5, 5.41) is 14.9. The summed E-state index contributed by atoms with van der Waals surface area (Å²) in [6.45, 7) is 2.37. The van der Waals surface area contributed by atoms with Gasteiger partial charge in [-0.25, -0.2) is 4.39 Å². The Kier molecular flexibility index (Phi) is 4.18. The Morgan fingerprint density at radius 1 is 1.08 bits per heavy atom. The molecule has 0 radical (unpaired) electrons. The van der Waals surface area contributed by atoms with Gasteiger partial charge in [0.05, 0.1) is 12.2 Å². The highest BCUT2D eigenvalue weighted by Crippen LogP contribution is 2.23. The molecule has 0 saturated heterocycles. The Morgan fingerprint density at radius 2 is 1.92 bits per heavy atom. The standard InChI is InChI=1S/C19H16FN5O/c1-13-22-23-24-25(13)17-4-2-3-16(11-17)21-12-18-9-10-19(26-18)14-5-7-15(20)8-6-14/h2-11,21H,12H2,1H3. The third kappa shape index (κ3) is 3.32. The van der Waals surface area contributed by atoms with E-state index in [4.69, 9.17) is 4.42 Å². The fourth-order valence-electron chi connectivity index (χ4n) is 2.65. The predicted molar refractivity (Wildman–Crippen MR) is 95.3 cm³/mol. The number of tetrazole rings is 1. The van der Waals surface area contributed by atoms with Gasteiger partial charge in [0, 0.05) is 11.3 Å². The topological polar surface area (TPSA) is 68.8 Å². The lowest BCUT2D eigenvalue weighted by Crippen LogP contribution is -2.02. The van der Waals surface area contributed by atoms with Gasteiger partial charge in [0.1, 0.15) is 17.3 Å². The molecule has 4 rings (SSSR count). The first-order valence-electron chi connectivity index (χ1n) is 8.13. The van der Waals surface area contributed by atoms with Gasteiger partial charge in [0.25, 0.3) is 0 Å². The zero-order valence-electron chi connectivity index (χ0n) is 14.1. The molecule has 0 spiro atoms. The molecule has 2 heterocycles. The van der Waals surface area contributed by atoms with Gasteiger partial charge in [-0.2, -0.15) is 4.68 Å². The second-order valence-corrected chi connectivity index (χ2v) is 5.81. The third-order valence-corrected chi connectivity index (χ3v) is 3.97. The Labute approximate surface area is 149 Å². The molecule has 0 bridgehead atoms. The molecule has 2 aromatic carbocycles. The number of halogens is 1. The number of rotatable bonds is 5.